The van der Waals surface area contributed by atoms with Gasteiger partial charge in [-0.3, -0.25) is 9.79 Å². The van der Waals surface area contributed by atoms with Crippen LogP contribution in [0.4, 0.5) is 11.5 Å². The first kappa shape index (κ1) is 21.6. The number of guanidine groups is 1. The van der Waals surface area contributed by atoms with Gasteiger partial charge in [0.05, 0.1) is 6.04 Å². The van der Waals surface area contributed by atoms with E-state index < -0.39 is 0 Å². The number of aromatic nitrogens is 1. The molecule has 7 nitrogen and oxygen atoms in total. The largest absolute Gasteiger partial charge is 0.372 e. The van der Waals surface area contributed by atoms with E-state index in [0.717, 1.165) is 18.7 Å². The van der Waals surface area contributed by atoms with Crippen molar-refractivity contribution in [3.8, 4) is 0 Å². The molecule has 1 saturated heterocycles. The second-order valence-corrected chi connectivity index (χ2v) is 7.67. The highest BCUT2D eigenvalue weighted by Gasteiger charge is 2.14. The first-order chi connectivity index (χ1) is 14.5. The van der Waals surface area contributed by atoms with Crippen LogP contribution in [0.15, 0.2) is 47.6 Å². The molecule has 0 radical (unpaired) electrons. The van der Waals surface area contributed by atoms with Gasteiger partial charge in [-0.25, -0.2) is 4.98 Å². The van der Waals surface area contributed by atoms with E-state index in [1.165, 1.54) is 24.1 Å². The number of hydrogen-bond donors (Lipinski definition) is 3. The van der Waals surface area contributed by atoms with Gasteiger partial charge >= 0.3 is 0 Å². The van der Waals surface area contributed by atoms with Gasteiger partial charge in [0, 0.05) is 45.0 Å². The lowest BCUT2D eigenvalue weighted by Crippen LogP contribution is -2.40. The minimum Gasteiger partial charge on any atom is -0.372 e. The Morgan fingerprint density at radius 3 is 2.73 bits per heavy atom. The van der Waals surface area contributed by atoms with Gasteiger partial charge in [-0.1, -0.05) is 18.2 Å². The molecule has 30 heavy (non-hydrogen) atoms. The number of aryl methyl sites for hydroxylation is 1. The molecule has 2 aromatic rings. The summed E-state index contributed by atoms with van der Waals surface area (Å²) < 4.78 is 0. The second-order valence-electron chi connectivity index (χ2n) is 7.67. The van der Waals surface area contributed by atoms with Crippen LogP contribution in [0.2, 0.25) is 0 Å². The predicted molar refractivity (Wildman–Crippen MR) is 123 cm³/mol. The topological polar surface area (TPSA) is 81.6 Å². The Morgan fingerprint density at radius 2 is 2.03 bits per heavy atom. The smallest absolute Gasteiger partial charge is 0.227 e. The molecule has 1 aromatic carbocycles. The maximum Gasteiger partial charge on any atom is 0.227 e. The van der Waals surface area contributed by atoms with E-state index in [0.29, 0.717) is 24.7 Å². The number of nitrogens with zero attached hydrogens (tertiary/aromatic N) is 3. The highest BCUT2D eigenvalue weighted by atomic mass is 16.1. The molecule has 0 spiro atoms. The van der Waals surface area contributed by atoms with E-state index in [-0.39, 0.29) is 11.9 Å². The highest BCUT2D eigenvalue weighted by molar-refractivity contribution is 5.90. The lowest BCUT2D eigenvalue weighted by Gasteiger charge is -2.22. The van der Waals surface area contributed by atoms with Gasteiger partial charge in [0.25, 0.3) is 0 Å². The molecule has 1 aliphatic rings. The summed E-state index contributed by atoms with van der Waals surface area (Å²) in [6.07, 6.45) is 4.60. The van der Waals surface area contributed by atoms with Crippen molar-refractivity contribution in [1.82, 2.24) is 15.6 Å². The number of carbonyl (C=O) groups is 1. The number of hydrogen-bond acceptors (Lipinski definition) is 4. The van der Waals surface area contributed by atoms with Crippen molar-refractivity contribution in [3.05, 3.63) is 53.7 Å². The van der Waals surface area contributed by atoms with Crippen molar-refractivity contribution in [2.24, 2.45) is 4.99 Å². The van der Waals surface area contributed by atoms with Crippen LogP contribution < -0.4 is 20.9 Å². The highest BCUT2D eigenvalue weighted by Crippen LogP contribution is 2.23. The first-order valence-corrected chi connectivity index (χ1v) is 10.6. The van der Waals surface area contributed by atoms with E-state index in [1.807, 2.05) is 13.0 Å². The lowest BCUT2D eigenvalue weighted by atomic mass is 10.1. The zero-order valence-electron chi connectivity index (χ0n) is 18.1. The van der Waals surface area contributed by atoms with Crippen molar-refractivity contribution < 1.29 is 4.79 Å². The zero-order chi connectivity index (χ0) is 21.3. The third-order valence-electron chi connectivity index (χ3n) is 5.24. The summed E-state index contributed by atoms with van der Waals surface area (Å²) in [6, 6.07) is 12.5. The Morgan fingerprint density at radius 1 is 1.23 bits per heavy atom. The number of anilines is 2. The summed E-state index contributed by atoms with van der Waals surface area (Å²) in [6.45, 7) is 6.83. The Labute approximate surface area is 179 Å². The van der Waals surface area contributed by atoms with Crippen molar-refractivity contribution in [3.63, 3.8) is 0 Å². The quantitative estimate of drug-likeness (QED) is 0.484. The van der Waals surface area contributed by atoms with Gasteiger partial charge in [0.2, 0.25) is 5.91 Å². The van der Waals surface area contributed by atoms with Crippen LogP contribution in [0, 0.1) is 6.92 Å². The van der Waals surface area contributed by atoms with Crippen molar-refractivity contribution in [2.45, 2.75) is 39.2 Å². The molecular formula is C23H32N6O. The minimum absolute atomic E-state index is 0.0827. The summed E-state index contributed by atoms with van der Waals surface area (Å²) in [7, 11) is 1.74. The van der Waals surface area contributed by atoms with E-state index in [9.17, 15) is 4.79 Å². The predicted octanol–water partition coefficient (Wildman–Crippen LogP) is 3.25. The van der Waals surface area contributed by atoms with Gasteiger partial charge in [-0.2, -0.15) is 0 Å². The molecule has 1 atom stereocenters. The van der Waals surface area contributed by atoms with Crippen molar-refractivity contribution >= 4 is 23.4 Å². The number of rotatable bonds is 7. The monoisotopic (exact) mass is 408 g/mol. The molecule has 1 aromatic heterocycles. The van der Waals surface area contributed by atoms with E-state index in [2.05, 4.69) is 62.0 Å². The summed E-state index contributed by atoms with van der Waals surface area (Å²) in [4.78, 5) is 23.0. The number of pyridine rings is 1. The Balaban J connectivity index is 1.46. The van der Waals surface area contributed by atoms with Crippen LogP contribution in [0.1, 0.15) is 43.4 Å². The molecule has 160 valence electrons. The van der Waals surface area contributed by atoms with Crippen LogP contribution in [-0.2, 0) is 4.79 Å². The molecule has 0 aliphatic carbocycles. The average Bonchev–Trinajstić information content (AvgIpc) is 3.29. The Hall–Kier alpha value is -3.09. The fraction of sp³-hybridized carbons (Fsp3) is 0.435. The van der Waals surface area contributed by atoms with Crippen LogP contribution >= 0.6 is 0 Å². The summed E-state index contributed by atoms with van der Waals surface area (Å²) in [5.41, 5.74) is 3.55. The molecule has 1 fully saturated rings. The minimum atomic E-state index is -0.0827. The van der Waals surface area contributed by atoms with Crippen molar-refractivity contribution in [1.29, 1.82) is 0 Å². The maximum absolute atomic E-state index is 12.1. The van der Waals surface area contributed by atoms with Gasteiger partial charge in [-0.05, 0) is 56.0 Å². The molecule has 0 saturated carbocycles. The van der Waals surface area contributed by atoms with Gasteiger partial charge in [0.1, 0.15) is 5.82 Å². The van der Waals surface area contributed by atoms with E-state index in [4.69, 9.17) is 0 Å². The number of nitrogens with one attached hydrogen (secondary N) is 3. The molecule has 3 N–H and O–H groups in total. The number of carbonyl (C=O) groups excluding carboxylic acids is 1. The number of benzene rings is 1. The van der Waals surface area contributed by atoms with Crippen LogP contribution in [-0.4, -0.2) is 43.5 Å². The van der Waals surface area contributed by atoms with E-state index >= 15 is 0 Å². The van der Waals surface area contributed by atoms with Crippen molar-refractivity contribution in [2.75, 3.05) is 36.9 Å². The second kappa shape index (κ2) is 10.6. The molecular weight excluding hydrogens is 376 g/mol. The summed E-state index contributed by atoms with van der Waals surface area (Å²) in [5.74, 6) is 1.16. The molecule has 3 rings (SSSR count). The molecule has 2 heterocycles. The summed E-state index contributed by atoms with van der Waals surface area (Å²) >= 11 is 0. The molecule has 0 bridgehead atoms. The molecule has 1 aliphatic heterocycles. The standard InChI is InChI=1S/C23H32N6O/c1-17-9-10-21(26-16-17)28-22(30)11-12-25-23(24-3)27-18(2)19-7-6-8-20(15-19)29-13-4-5-14-29/h6-10,15-16,18H,4-5,11-14H2,1-3H3,(H2,24,25,27)(H,26,28,30). The van der Waals surface area contributed by atoms with Gasteiger partial charge in [-0.15, -0.1) is 0 Å². The van der Waals surface area contributed by atoms with Crippen LogP contribution in [0.5, 0.6) is 0 Å². The Bertz CT molecular complexity index is 858. The summed E-state index contributed by atoms with van der Waals surface area (Å²) in [5, 5.41) is 9.42. The lowest BCUT2D eigenvalue weighted by molar-refractivity contribution is -0.116. The third kappa shape index (κ3) is 6.20. The van der Waals surface area contributed by atoms with E-state index in [1.54, 1.807) is 19.3 Å². The fourth-order valence-corrected chi connectivity index (χ4v) is 3.49. The maximum atomic E-state index is 12.1. The normalized spacial score (nSPS) is 15.0. The fourth-order valence-electron chi connectivity index (χ4n) is 3.49. The molecule has 1 amide bonds. The van der Waals surface area contributed by atoms with Crippen LogP contribution in [0.25, 0.3) is 0 Å². The number of aliphatic imine (C=N–C) groups is 1. The number of amides is 1. The first-order valence-electron chi connectivity index (χ1n) is 10.6. The van der Waals surface area contributed by atoms with Gasteiger partial charge in [0.15, 0.2) is 5.96 Å². The molecule has 1 unspecified atom stereocenters. The average molecular weight is 409 g/mol. The van der Waals surface area contributed by atoms with Crippen LogP contribution in [0.3, 0.4) is 0 Å². The molecule has 7 heteroatoms. The van der Waals surface area contributed by atoms with Gasteiger partial charge < -0.3 is 20.9 Å². The third-order valence-corrected chi connectivity index (χ3v) is 5.24. The SMILES string of the molecule is CN=C(NCCC(=O)Nc1ccc(C)cn1)NC(C)c1cccc(N2CCCC2)c1. The Kier molecular flexibility index (Phi) is 7.65. The zero-order valence-corrected chi connectivity index (χ0v) is 18.1.